The number of H-pyrrole nitrogens is 1. The molecule has 3 rings (SSSR count). The predicted octanol–water partition coefficient (Wildman–Crippen LogP) is 1.42. The van der Waals surface area contributed by atoms with Crippen LogP contribution < -0.4 is 10.6 Å². The summed E-state index contributed by atoms with van der Waals surface area (Å²) in [4.78, 5) is 3.35. The highest BCUT2D eigenvalue weighted by Crippen LogP contribution is 2.21. The molecule has 4 heteroatoms. The summed E-state index contributed by atoms with van der Waals surface area (Å²) in [7, 11) is 1.99. The molecule has 19 heavy (non-hydrogen) atoms. The zero-order chi connectivity index (χ0) is 13.1. The van der Waals surface area contributed by atoms with Gasteiger partial charge in [-0.3, -0.25) is 5.32 Å². The van der Waals surface area contributed by atoms with Crippen LogP contribution in [-0.2, 0) is 17.6 Å². The van der Waals surface area contributed by atoms with Gasteiger partial charge in [0.15, 0.2) is 0 Å². The van der Waals surface area contributed by atoms with Gasteiger partial charge in [0.1, 0.15) is 0 Å². The second-order valence-electron chi connectivity index (χ2n) is 5.17. The third kappa shape index (κ3) is 2.81. The van der Waals surface area contributed by atoms with E-state index in [-0.39, 0.29) is 0 Å². The molecule has 1 saturated heterocycles. The second kappa shape index (κ2) is 5.74. The van der Waals surface area contributed by atoms with Crippen LogP contribution in [0.2, 0.25) is 0 Å². The van der Waals surface area contributed by atoms with Crippen molar-refractivity contribution in [3.63, 3.8) is 0 Å². The Labute approximate surface area is 113 Å². The van der Waals surface area contributed by atoms with Crippen molar-refractivity contribution in [2.45, 2.75) is 18.9 Å². The molecule has 1 aliphatic rings. The zero-order valence-electron chi connectivity index (χ0n) is 11.3. The molecule has 102 valence electrons. The van der Waals surface area contributed by atoms with Crippen LogP contribution in [0, 0.1) is 0 Å². The van der Waals surface area contributed by atoms with Gasteiger partial charge in [0.05, 0.1) is 13.3 Å². The molecule has 2 aromatic rings. The molecule has 1 aromatic heterocycles. The Bertz CT molecular complexity index is 543. The summed E-state index contributed by atoms with van der Waals surface area (Å²) in [6, 6.07) is 7.16. The van der Waals surface area contributed by atoms with Crippen LogP contribution in [0.1, 0.15) is 11.1 Å². The van der Waals surface area contributed by atoms with Crippen LogP contribution >= 0.6 is 0 Å². The minimum absolute atomic E-state index is 0.456. The van der Waals surface area contributed by atoms with Crippen LogP contribution in [0.3, 0.4) is 0 Å². The minimum Gasteiger partial charge on any atom is -0.365 e. The smallest absolute Gasteiger partial charge is 0.0969 e. The fourth-order valence-electron chi connectivity index (χ4n) is 2.67. The van der Waals surface area contributed by atoms with E-state index in [4.69, 9.17) is 4.74 Å². The Hall–Kier alpha value is -1.36. The fraction of sp³-hybridized carbons (Fsp3) is 0.467. The topological polar surface area (TPSA) is 49.1 Å². The maximum atomic E-state index is 5.35. The molecule has 0 spiro atoms. The number of aromatic amines is 1. The van der Waals surface area contributed by atoms with Gasteiger partial charge in [0.25, 0.3) is 0 Å². The molecular weight excluding hydrogens is 238 g/mol. The fourth-order valence-corrected chi connectivity index (χ4v) is 2.67. The van der Waals surface area contributed by atoms with E-state index in [1.807, 2.05) is 7.05 Å². The number of hydrogen-bond acceptors (Lipinski definition) is 3. The molecule has 1 aliphatic heterocycles. The first-order chi connectivity index (χ1) is 9.36. The third-order valence-corrected chi connectivity index (χ3v) is 3.75. The first kappa shape index (κ1) is 12.7. The maximum absolute atomic E-state index is 5.35. The van der Waals surface area contributed by atoms with E-state index in [0.29, 0.717) is 12.8 Å². The van der Waals surface area contributed by atoms with Gasteiger partial charge in [0, 0.05) is 23.1 Å². The van der Waals surface area contributed by atoms with E-state index < -0.39 is 0 Å². The Kier molecular flexibility index (Phi) is 3.82. The molecule has 3 N–H and O–H groups in total. The Morgan fingerprint density at radius 3 is 3.16 bits per heavy atom. The average molecular weight is 259 g/mol. The van der Waals surface area contributed by atoms with E-state index in [9.17, 15) is 0 Å². The highest BCUT2D eigenvalue weighted by Gasteiger charge is 2.15. The highest BCUT2D eigenvalue weighted by atomic mass is 16.5. The van der Waals surface area contributed by atoms with Gasteiger partial charge in [0.2, 0.25) is 0 Å². The number of aromatic nitrogens is 1. The number of ether oxygens (including phenoxy) is 1. The van der Waals surface area contributed by atoms with E-state index >= 15 is 0 Å². The van der Waals surface area contributed by atoms with E-state index in [1.54, 1.807) is 0 Å². The second-order valence-corrected chi connectivity index (χ2v) is 5.17. The normalized spacial score (nSPS) is 19.3. The van der Waals surface area contributed by atoms with E-state index in [1.165, 1.54) is 22.0 Å². The lowest BCUT2D eigenvalue weighted by Gasteiger charge is -2.08. The van der Waals surface area contributed by atoms with Gasteiger partial charge in [-0.25, -0.2) is 0 Å². The molecule has 0 bridgehead atoms. The number of rotatable bonds is 5. The summed E-state index contributed by atoms with van der Waals surface area (Å²) in [6.07, 6.45) is 4.22. The highest BCUT2D eigenvalue weighted by molar-refractivity contribution is 5.83. The van der Waals surface area contributed by atoms with Crippen LogP contribution in [0.15, 0.2) is 24.4 Å². The largest absolute Gasteiger partial charge is 0.365 e. The standard InChI is InChI=1S/C15H21N3O/c1-16-5-4-12-8-17-15-3-2-11(7-14(12)15)6-13-9-19-10-18-13/h2-3,7-8,13,16-18H,4-6,9-10H2,1H3. The molecule has 2 heterocycles. The summed E-state index contributed by atoms with van der Waals surface area (Å²) in [5, 5.41) is 7.91. The number of likely N-dealkylation sites (N-methyl/N-ethyl adjacent to an activating group) is 1. The summed E-state index contributed by atoms with van der Waals surface area (Å²) in [6.45, 7) is 2.51. The Morgan fingerprint density at radius 1 is 1.42 bits per heavy atom. The Balaban J connectivity index is 1.81. The van der Waals surface area contributed by atoms with Crippen molar-refractivity contribution in [3.8, 4) is 0 Å². The Morgan fingerprint density at radius 2 is 2.37 bits per heavy atom. The van der Waals surface area contributed by atoms with Crippen molar-refractivity contribution < 1.29 is 4.74 Å². The van der Waals surface area contributed by atoms with Crippen molar-refractivity contribution in [2.75, 3.05) is 26.9 Å². The van der Waals surface area contributed by atoms with Crippen LogP contribution in [0.4, 0.5) is 0 Å². The van der Waals surface area contributed by atoms with Crippen molar-refractivity contribution in [2.24, 2.45) is 0 Å². The first-order valence-electron chi connectivity index (χ1n) is 6.91. The molecule has 0 aliphatic carbocycles. The third-order valence-electron chi connectivity index (χ3n) is 3.75. The number of nitrogens with one attached hydrogen (secondary N) is 3. The minimum atomic E-state index is 0.456. The number of fused-ring (bicyclic) bond motifs is 1. The summed E-state index contributed by atoms with van der Waals surface area (Å²) >= 11 is 0. The molecule has 0 saturated carbocycles. The SMILES string of the molecule is CNCCc1c[nH]c2ccc(CC3COCN3)cc12. The van der Waals surface area contributed by atoms with Gasteiger partial charge in [-0.2, -0.15) is 0 Å². The van der Waals surface area contributed by atoms with Crippen molar-refractivity contribution in [1.82, 2.24) is 15.6 Å². The van der Waals surface area contributed by atoms with Gasteiger partial charge >= 0.3 is 0 Å². The number of benzene rings is 1. The van der Waals surface area contributed by atoms with Gasteiger partial charge in [-0.1, -0.05) is 6.07 Å². The van der Waals surface area contributed by atoms with Gasteiger partial charge in [-0.15, -0.1) is 0 Å². The van der Waals surface area contributed by atoms with Crippen LogP contribution in [-0.4, -0.2) is 38.0 Å². The molecule has 1 fully saturated rings. The molecular formula is C15H21N3O. The monoisotopic (exact) mass is 259 g/mol. The molecule has 0 amide bonds. The van der Waals surface area contributed by atoms with E-state index in [0.717, 1.165) is 26.0 Å². The lowest BCUT2D eigenvalue weighted by molar-refractivity contribution is 0.189. The van der Waals surface area contributed by atoms with Gasteiger partial charge < -0.3 is 15.0 Å². The summed E-state index contributed by atoms with van der Waals surface area (Å²) in [5.74, 6) is 0. The lowest BCUT2D eigenvalue weighted by Crippen LogP contribution is -2.25. The molecule has 0 radical (unpaired) electrons. The quantitative estimate of drug-likeness (QED) is 0.761. The predicted molar refractivity (Wildman–Crippen MR) is 77.4 cm³/mol. The van der Waals surface area contributed by atoms with Crippen LogP contribution in [0.25, 0.3) is 10.9 Å². The van der Waals surface area contributed by atoms with Crippen molar-refractivity contribution in [1.29, 1.82) is 0 Å². The van der Waals surface area contributed by atoms with Crippen molar-refractivity contribution in [3.05, 3.63) is 35.5 Å². The maximum Gasteiger partial charge on any atom is 0.0969 e. The van der Waals surface area contributed by atoms with Crippen molar-refractivity contribution >= 4 is 10.9 Å². The van der Waals surface area contributed by atoms with Crippen LogP contribution in [0.5, 0.6) is 0 Å². The molecule has 1 aromatic carbocycles. The lowest BCUT2D eigenvalue weighted by atomic mass is 10.0. The summed E-state index contributed by atoms with van der Waals surface area (Å²) < 4.78 is 5.35. The molecule has 1 atom stereocenters. The number of hydrogen-bond donors (Lipinski definition) is 3. The molecule has 4 nitrogen and oxygen atoms in total. The first-order valence-corrected chi connectivity index (χ1v) is 6.91. The zero-order valence-corrected chi connectivity index (χ0v) is 11.3. The van der Waals surface area contributed by atoms with E-state index in [2.05, 4.69) is 40.0 Å². The summed E-state index contributed by atoms with van der Waals surface area (Å²) in [5.41, 5.74) is 3.99. The average Bonchev–Trinajstić information content (AvgIpc) is 3.06. The van der Waals surface area contributed by atoms with Gasteiger partial charge in [-0.05, 0) is 49.7 Å². The molecule has 1 unspecified atom stereocenters.